The number of Topliss-reactive ketones (excluding diaryl/α,β-unsaturated/α-hetero) is 1. The molecule has 0 unspecified atom stereocenters. The van der Waals surface area contributed by atoms with Crippen molar-refractivity contribution in [2.24, 2.45) is 5.41 Å². The number of halogens is 3. The second-order valence-electron chi connectivity index (χ2n) is 8.11. The van der Waals surface area contributed by atoms with Gasteiger partial charge in [0.1, 0.15) is 5.76 Å². The van der Waals surface area contributed by atoms with Crippen molar-refractivity contribution < 1.29 is 27.2 Å². The van der Waals surface area contributed by atoms with E-state index in [1.807, 2.05) is 13.8 Å². The van der Waals surface area contributed by atoms with Gasteiger partial charge in [-0.05, 0) is 24.0 Å². The van der Waals surface area contributed by atoms with Crippen LogP contribution < -0.4 is 0 Å². The molecule has 0 N–H and O–H groups in total. The first kappa shape index (κ1) is 20.2. The molecule has 7 heteroatoms. The highest BCUT2D eigenvalue weighted by molar-refractivity contribution is 6.03. The van der Waals surface area contributed by atoms with Crippen molar-refractivity contribution in [1.82, 2.24) is 4.90 Å². The maximum atomic E-state index is 13.2. The molecule has 0 radical (unpaired) electrons. The van der Waals surface area contributed by atoms with Crippen LogP contribution in [0, 0.1) is 12.3 Å². The van der Waals surface area contributed by atoms with Crippen molar-refractivity contribution >= 4 is 11.7 Å². The maximum absolute atomic E-state index is 13.2. The van der Waals surface area contributed by atoms with E-state index in [2.05, 4.69) is 0 Å². The minimum absolute atomic E-state index is 0.00275. The fraction of sp³-hybridized carbons (Fsp3) is 0.429. The fourth-order valence-corrected chi connectivity index (χ4v) is 3.72. The minimum Gasteiger partial charge on any atom is -0.455 e. The molecule has 4 nitrogen and oxygen atoms in total. The molecule has 1 aliphatic carbocycles. The van der Waals surface area contributed by atoms with Gasteiger partial charge in [0.15, 0.2) is 11.5 Å². The Labute approximate surface area is 161 Å². The van der Waals surface area contributed by atoms with E-state index in [1.54, 1.807) is 6.92 Å². The van der Waals surface area contributed by atoms with Gasteiger partial charge < -0.3 is 9.32 Å². The largest absolute Gasteiger partial charge is 0.455 e. The molecule has 0 bridgehead atoms. The number of carbonyl (C=O) groups is 2. The van der Waals surface area contributed by atoms with Gasteiger partial charge >= 0.3 is 6.18 Å². The van der Waals surface area contributed by atoms with Crippen LogP contribution in [0.2, 0.25) is 0 Å². The topological polar surface area (TPSA) is 50.5 Å². The lowest BCUT2D eigenvalue weighted by Crippen LogP contribution is -2.28. The molecule has 3 rings (SSSR count). The Kier molecular flexibility index (Phi) is 4.89. The third-order valence-corrected chi connectivity index (χ3v) is 5.05. The third kappa shape index (κ3) is 3.70. The number of amides is 1. The molecule has 1 aromatic heterocycles. The Morgan fingerprint density at radius 2 is 1.86 bits per heavy atom. The second kappa shape index (κ2) is 6.79. The van der Waals surface area contributed by atoms with E-state index in [0.29, 0.717) is 29.7 Å². The Bertz CT molecular complexity index is 941. The van der Waals surface area contributed by atoms with Crippen LogP contribution in [0.1, 0.15) is 63.6 Å². The van der Waals surface area contributed by atoms with Gasteiger partial charge in [-0.15, -0.1) is 0 Å². The molecular formula is C21H22F3NO3. The van der Waals surface area contributed by atoms with Gasteiger partial charge in [-0.1, -0.05) is 32.0 Å². The van der Waals surface area contributed by atoms with Crippen molar-refractivity contribution in [1.29, 1.82) is 0 Å². The van der Waals surface area contributed by atoms with Crippen LogP contribution in [0.5, 0.6) is 0 Å². The van der Waals surface area contributed by atoms with E-state index in [4.69, 9.17) is 4.42 Å². The number of fused-ring (bicyclic) bond motifs is 1. The van der Waals surface area contributed by atoms with Crippen LogP contribution in [0.15, 0.2) is 28.7 Å². The number of benzene rings is 1. The molecule has 2 aromatic rings. The molecule has 0 fully saturated rings. The summed E-state index contributed by atoms with van der Waals surface area (Å²) in [7, 11) is 1.42. The van der Waals surface area contributed by atoms with E-state index in [1.165, 1.54) is 30.1 Å². The number of hydrogen-bond donors (Lipinski definition) is 0. The minimum atomic E-state index is -4.50. The van der Waals surface area contributed by atoms with Gasteiger partial charge in [-0.25, -0.2) is 0 Å². The summed E-state index contributed by atoms with van der Waals surface area (Å²) >= 11 is 0. The molecule has 0 aliphatic heterocycles. The second-order valence-corrected chi connectivity index (χ2v) is 8.11. The zero-order valence-electron chi connectivity index (χ0n) is 16.2. The summed E-state index contributed by atoms with van der Waals surface area (Å²) in [6.45, 7) is 5.32. The van der Waals surface area contributed by atoms with Crippen LogP contribution in [0.3, 0.4) is 0 Å². The van der Waals surface area contributed by atoms with Gasteiger partial charge in [0.2, 0.25) is 0 Å². The van der Waals surface area contributed by atoms with E-state index < -0.39 is 17.6 Å². The summed E-state index contributed by atoms with van der Waals surface area (Å²) in [6.07, 6.45) is -3.61. The summed E-state index contributed by atoms with van der Waals surface area (Å²) in [5.41, 5.74) is -0.144. The third-order valence-electron chi connectivity index (χ3n) is 5.05. The number of carbonyl (C=O) groups excluding carboxylic acids is 2. The van der Waals surface area contributed by atoms with Crippen molar-refractivity contribution in [2.45, 2.75) is 46.3 Å². The molecule has 28 heavy (non-hydrogen) atoms. The van der Waals surface area contributed by atoms with E-state index in [-0.39, 0.29) is 29.1 Å². The zero-order valence-corrected chi connectivity index (χ0v) is 16.2. The van der Waals surface area contributed by atoms with Crippen molar-refractivity contribution in [3.63, 3.8) is 0 Å². The van der Waals surface area contributed by atoms with Crippen LogP contribution in [0.25, 0.3) is 0 Å². The van der Waals surface area contributed by atoms with Crippen LogP contribution in [-0.2, 0) is 19.1 Å². The predicted octanol–water partition coefficient (Wildman–Crippen LogP) is 5.03. The number of alkyl halides is 3. The van der Waals surface area contributed by atoms with Gasteiger partial charge in [0.25, 0.3) is 5.91 Å². The molecule has 1 aliphatic rings. The number of rotatable bonds is 3. The molecule has 0 saturated heterocycles. The molecular weight excluding hydrogens is 371 g/mol. The molecule has 150 valence electrons. The highest BCUT2D eigenvalue weighted by Gasteiger charge is 2.38. The summed E-state index contributed by atoms with van der Waals surface area (Å²) in [5.74, 6) is -0.125. The van der Waals surface area contributed by atoms with Crippen molar-refractivity contribution in [2.75, 3.05) is 7.05 Å². The van der Waals surface area contributed by atoms with Crippen molar-refractivity contribution in [3.8, 4) is 0 Å². The molecule has 1 heterocycles. The molecule has 0 saturated carbocycles. The first-order valence-electron chi connectivity index (χ1n) is 8.97. The monoisotopic (exact) mass is 393 g/mol. The average molecular weight is 393 g/mol. The predicted molar refractivity (Wildman–Crippen MR) is 97.1 cm³/mol. The lowest BCUT2D eigenvalue weighted by Gasteiger charge is -2.27. The first-order chi connectivity index (χ1) is 12.9. The zero-order chi connectivity index (χ0) is 20.9. The molecule has 0 atom stereocenters. The Hall–Kier alpha value is -2.57. The summed E-state index contributed by atoms with van der Waals surface area (Å²) < 4.78 is 45.3. The lowest BCUT2D eigenvalue weighted by molar-refractivity contribution is -0.138. The van der Waals surface area contributed by atoms with E-state index >= 15 is 0 Å². The SMILES string of the molecule is Cc1c(C(=O)N(C)Cc2ccccc2C(F)(F)F)oc2c1C(=O)CC(C)(C)C2. The highest BCUT2D eigenvalue weighted by Crippen LogP contribution is 2.39. The number of nitrogens with zero attached hydrogens (tertiary/aromatic N) is 1. The van der Waals surface area contributed by atoms with Gasteiger partial charge in [-0.3, -0.25) is 9.59 Å². The first-order valence-corrected chi connectivity index (χ1v) is 8.97. The van der Waals surface area contributed by atoms with Gasteiger partial charge in [-0.2, -0.15) is 13.2 Å². The average Bonchev–Trinajstić information content (AvgIpc) is 2.88. The maximum Gasteiger partial charge on any atom is 0.416 e. The number of hydrogen-bond acceptors (Lipinski definition) is 3. The Morgan fingerprint density at radius 1 is 1.21 bits per heavy atom. The normalized spacial score (nSPS) is 16.0. The van der Waals surface area contributed by atoms with E-state index in [0.717, 1.165) is 6.07 Å². The standard InChI is InChI=1S/C21H22F3NO3/c1-12-17-15(26)9-20(2,3)10-16(17)28-18(12)19(27)25(4)11-13-7-5-6-8-14(13)21(22,23)24/h5-8H,9-11H2,1-4H3. The molecule has 1 amide bonds. The summed E-state index contributed by atoms with van der Waals surface area (Å²) in [4.78, 5) is 26.5. The van der Waals surface area contributed by atoms with Gasteiger partial charge in [0.05, 0.1) is 11.1 Å². The van der Waals surface area contributed by atoms with Crippen LogP contribution in [0.4, 0.5) is 13.2 Å². The summed E-state index contributed by atoms with van der Waals surface area (Å²) in [5, 5.41) is 0. The molecule has 1 aromatic carbocycles. The smallest absolute Gasteiger partial charge is 0.416 e. The number of furan rings is 1. The highest BCUT2D eigenvalue weighted by atomic mass is 19.4. The number of ketones is 1. The van der Waals surface area contributed by atoms with Gasteiger partial charge in [0, 0.05) is 32.0 Å². The van der Waals surface area contributed by atoms with Crippen molar-refractivity contribution in [3.05, 3.63) is 58.0 Å². The summed E-state index contributed by atoms with van der Waals surface area (Å²) in [6, 6.07) is 5.15. The van der Waals surface area contributed by atoms with Crippen LogP contribution in [-0.4, -0.2) is 23.6 Å². The Morgan fingerprint density at radius 3 is 2.50 bits per heavy atom. The molecule has 0 spiro atoms. The lowest BCUT2D eigenvalue weighted by atomic mass is 9.76. The van der Waals surface area contributed by atoms with E-state index in [9.17, 15) is 22.8 Å². The Balaban J connectivity index is 1.89. The quantitative estimate of drug-likeness (QED) is 0.735. The fourth-order valence-electron chi connectivity index (χ4n) is 3.72. The van der Waals surface area contributed by atoms with Crippen LogP contribution >= 0.6 is 0 Å².